The molecule has 2 bridgehead atoms. The Bertz CT molecular complexity index is 580. The van der Waals surface area contributed by atoms with E-state index in [1.165, 1.54) is 38.5 Å². The van der Waals surface area contributed by atoms with Crippen molar-refractivity contribution in [1.82, 2.24) is 5.32 Å². The maximum atomic E-state index is 9.21. The van der Waals surface area contributed by atoms with Crippen LogP contribution in [0.4, 0.5) is 0 Å². The van der Waals surface area contributed by atoms with Gasteiger partial charge in [-0.25, -0.2) is 0 Å². The zero-order valence-electron chi connectivity index (χ0n) is 13.4. The van der Waals surface area contributed by atoms with E-state index in [1.54, 1.807) is 24.3 Å². The van der Waals surface area contributed by atoms with Gasteiger partial charge < -0.3 is 15.2 Å². The lowest BCUT2D eigenvalue weighted by atomic mass is 9.87. The first kappa shape index (κ1) is 15.9. The Morgan fingerprint density at radius 2 is 1.39 bits per heavy atom. The predicted molar refractivity (Wildman–Crippen MR) is 93.0 cm³/mol. The summed E-state index contributed by atoms with van der Waals surface area (Å²) in [6.45, 7) is 0. The zero-order chi connectivity index (χ0) is 15.9. The molecule has 3 nitrogen and oxygen atoms in total. The van der Waals surface area contributed by atoms with Crippen molar-refractivity contribution >= 4 is 0 Å². The first-order valence-electron chi connectivity index (χ1n) is 8.57. The lowest BCUT2D eigenvalue weighted by Gasteiger charge is -2.35. The summed E-state index contributed by atoms with van der Waals surface area (Å²) in [6.07, 6.45) is 8.71. The number of para-hydroxylation sites is 1. The summed E-state index contributed by atoms with van der Waals surface area (Å²) < 4.78 is 5.50. The molecule has 2 heterocycles. The van der Waals surface area contributed by atoms with Crippen LogP contribution in [0.15, 0.2) is 54.6 Å². The number of nitrogens with one attached hydrogen (secondary N) is 1. The van der Waals surface area contributed by atoms with E-state index >= 15 is 0 Å². The average molecular weight is 311 g/mol. The second kappa shape index (κ2) is 8.02. The summed E-state index contributed by atoms with van der Waals surface area (Å²) in [5.41, 5.74) is 0. The van der Waals surface area contributed by atoms with Crippen LogP contribution in [0.2, 0.25) is 0 Å². The summed E-state index contributed by atoms with van der Waals surface area (Å²) in [5, 5.41) is 12.9. The number of hydrogen-bond donors (Lipinski definition) is 2. The van der Waals surface area contributed by atoms with Gasteiger partial charge in [-0.3, -0.25) is 0 Å². The molecule has 23 heavy (non-hydrogen) atoms. The Morgan fingerprint density at radius 1 is 0.783 bits per heavy atom. The van der Waals surface area contributed by atoms with Crippen LogP contribution in [0.1, 0.15) is 38.5 Å². The minimum absolute atomic E-state index is 0.207. The van der Waals surface area contributed by atoms with Crippen LogP contribution in [0.3, 0.4) is 0 Å². The van der Waals surface area contributed by atoms with Gasteiger partial charge in [0.1, 0.15) is 17.2 Å². The maximum Gasteiger partial charge on any atom is 0.131 e. The monoisotopic (exact) mass is 311 g/mol. The van der Waals surface area contributed by atoms with Gasteiger partial charge in [-0.15, -0.1) is 0 Å². The highest BCUT2D eigenvalue weighted by Crippen LogP contribution is 2.25. The van der Waals surface area contributed by atoms with E-state index in [-0.39, 0.29) is 5.75 Å². The number of aromatic hydroxyl groups is 1. The SMILES string of the molecule is C1CC2CCCC(C1)N2.Oc1cccc(Oc2ccccc2)c1. The van der Waals surface area contributed by atoms with E-state index in [4.69, 9.17) is 4.74 Å². The summed E-state index contributed by atoms with van der Waals surface area (Å²) in [6, 6.07) is 18.0. The van der Waals surface area contributed by atoms with Crippen LogP contribution in [0, 0.1) is 0 Å². The first-order valence-corrected chi connectivity index (χ1v) is 8.57. The van der Waals surface area contributed by atoms with E-state index in [1.807, 2.05) is 30.3 Å². The van der Waals surface area contributed by atoms with Gasteiger partial charge in [0.2, 0.25) is 0 Å². The molecule has 2 fully saturated rings. The van der Waals surface area contributed by atoms with Crippen molar-refractivity contribution in [2.75, 3.05) is 0 Å². The number of fused-ring (bicyclic) bond motifs is 2. The number of benzene rings is 2. The second-order valence-electron chi connectivity index (χ2n) is 6.33. The molecule has 0 saturated carbocycles. The lowest BCUT2D eigenvalue weighted by Crippen LogP contribution is -2.45. The summed E-state index contributed by atoms with van der Waals surface area (Å²) in [4.78, 5) is 0. The molecule has 0 amide bonds. The highest BCUT2D eigenvalue weighted by molar-refractivity contribution is 5.35. The molecular weight excluding hydrogens is 286 g/mol. The number of ether oxygens (including phenoxy) is 1. The van der Waals surface area contributed by atoms with Gasteiger partial charge >= 0.3 is 0 Å². The molecule has 0 unspecified atom stereocenters. The Kier molecular flexibility index (Phi) is 5.54. The third-order valence-corrected chi connectivity index (χ3v) is 4.48. The molecule has 2 aromatic carbocycles. The molecule has 2 N–H and O–H groups in total. The second-order valence-corrected chi connectivity index (χ2v) is 6.33. The summed E-state index contributed by atoms with van der Waals surface area (Å²) in [7, 11) is 0. The van der Waals surface area contributed by atoms with E-state index in [0.717, 1.165) is 17.8 Å². The number of phenolic OH excluding ortho intramolecular Hbond substituents is 1. The molecule has 2 aliphatic rings. The van der Waals surface area contributed by atoms with E-state index < -0.39 is 0 Å². The largest absolute Gasteiger partial charge is 0.508 e. The fraction of sp³-hybridized carbons (Fsp3) is 0.400. The molecule has 3 heteroatoms. The molecule has 2 aliphatic heterocycles. The molecule has 2 saturated heterocycles. The molecule has 0 aliphatic carbocycles. The van der Waals surface area contributed by atoms with Crippen molar-refractivity contribution < 1.29 is 9.84 Å². The lowest BCUT2D eigenvalue weighted by molar-refractivity contribution is 0.243. The maximum absolute atomic E-state index is 9.21. The van der Waals surface area contributed by atoms with Gasteiger partial charge in [0, 0.05) is 18.2 Å². The number of hydrogen-bond acceptors (Lipinski definition) is 3. The zero-order valence-corrected chi connectivity index (χ0v) is 13.4. The summed E-state index contributed by atoms with van der Waals surface area (Å²) in [5.74, 6) is 1.60. The van der Waals surface area contributed by atoms with Crippen molar-refractivity contribution in [3.05, 3.63) is 54.6 Å². The fourth-order valence-corrected chi connectivity index (χ4v) is 3.35. The Labute approximate surface area is 138 Å². The van der Waals surface area contributed by atoms with Crippen molar-refractivity contribution in [3.8, 4) is 17.2 Å². The average Bonchev–Trinajstić information content (AvgIpc) is 2.57. The third-order valence-electron chi connectivity index (χ3n) is 4.48. The number of piperidine rings is 2. The van der Waals surface area contributed by atoms with Crippen LogP contribution >= 0.6 is 0 Å². The van der Waals surface area contributed by atoms with Crippen molar-refractivity contribution in [2.45, 2.75) is 50.6 Å². The van der Waals surface area contributed by atoms with Gasteiger partial charge in [-0.1, -0.05) is 37.1 Å². The van der Waals surface area contributed by atoms with E-state index in [9.17, 15) is 5.11 Å². The summed E-state index contributed by atoms with van der Waals surface area (Å²) >= 11 is 0. The quantitative estimate of drug-likeness (QED) is 0.831. The highest BCUT2D eigenvalue weighted by atomic mass is 16.5. The molecule has 0 aromatic heterocycles. The van der Waals surface area contributed by atoms with E-state index in [0.29, 0.717) is 5.75 Å². The van der Waals surface area contributed by atoms with Crippen molar-refractivity contribution in [1.29, 1.82) is 0 Å². The van der Waals surface area contributed by atoms with Crippen LogP contribution in [-0.2, 0) is 0 Å². The van der Waals surface area contributed by atoms with Gasteiger partial charge in [0.05, 0.1) is 0 Å². The van der Waals surface area contributed by atoms with Crippen molar-refractivity contribution in [2.24, 2.45) is 0 Å². The van der Waals surface area contributed by atoms with Crippen LogP contribution in [0.5, 0.6) is 17.2 Å². The Balaban J connectivity index is 0.000000149. The van der Waals surface area contributed by atoms with Gasteiger partial charge in [0.25, 0.3) is 0 Å². The molecular formula is C20H25NO2. The predicted octanol–water partition coefficient (Wildman–Crippen LogP) is 4.87. The van der Waals surface area contributed by atoms with E-state index in [2.05, 4.69) is 5.32 Å². The molecule has 122 valence electrons. The Hall–Kier alpha value is -2.00. The number of phenols is 1. The molecule has 2 aromatic rings. The molecule has 0 radical (unpaired) electrons. The van der Waals surface area contributed by atoms with Crippen LogP contribution in [-0.4, -0.2) is 17.2 Å². The number of rotatable bonds is 2. The molecule has 0 atom stereocenters. The van der Waals surface area contributed by atoms with Crippen LogP contribution < -0.4 is 10.1 Å². The minimum atomic E-state index is 0.207. The first-order chi connectivity index (χ1) is 11.3. The highest BCUT2D eigenvalue weighted by Gasteiger charge is 2.24. The third kappa shape index (κ3) is 5.00. The smallest absolute Gasteiger partial charge is 0.131 e. The minimum Gasteiger partial charge on any atom is -0.508 e. The Morgan fingerprint density at radius 3 is 1.96 bits per heavy atom. The standard InChI is InChI=1S/C12H10O2.C8H15N/c13-10-5-4-8-12(9-10)14-11-6-2-1-3-7-11;1-3-7-5-2-6-8(4-1)9-7/h1-9,13H;7-9H,1-6H2. The van der Waals surface area contributed by atoms with Gasteiger partial charge in [0.15, 0.2) is 0 Å². The van der Waals surface area contributed by atoms with Crippen molar-refractivity contribution in [3.63, 3.8) is 0 Å². The fourth-order valence-electron chi connectivity index (χ4n) is 3.35. The molecule has 0 spiro atoms. The topological polar surface area (TPSA) is 41.5 Å². The normalized spacial score (nSPS) is 22.6. The molecule has 4 rings (SSSR count). The van der Waals surface area contributed by atoms with Gasteiger partial charge in [-0.05, 0) is 49.9 Å². The van der Waals surface area contributed by atoms with Crippen LogP contribution in [0.25, 0.3) is 0 Å². The van der Waals surface area contributed by atoms with Gasteiger partial charge in [-0.2, -0.15) is 0 Å².